The number of nitrogens with zero attached hydrogens (tertiary/aromatic N) is 2. The van der Waals surface area contributed by atoms with Gasteiger partial charge in [0.15, 0.2) is 0 Å². The molecule has 1 aliphatic heterocycles. The highest BCUT2D eigenvalue weighted by Gasteiger charge is 2.26. The second kappa shape index (κ2) is 15.3. The molecule has 4 aromatic carbocycles. The third kappa shape index (κ3) is 7.50. The number of rotatable bonds is 11. The molecular weight excluding hydrogens is 641 g/mol. The molecule has 10 heteroatoms. The van der Waals surface area contributed by atoms with E-state index in [1.54, 1.807) is 25.5 Å². The van der Waals surface area contributed by atoms with Crippen LogP contribution in [0.5, 0.6) is 11.5 Å². The van der Waals surface area contributed by atoms with Crippen LogP contribution in [0.4, 0.5) is 0 Å². The fourth-order valence-electron chi connectivity index (χ4n) is 6.34. The molecule has 0 spiro atoms. The minimum atomic E-state index is -1.10. The monoisotopic (exact) mass is 677 g/mol. The summed E-state index contributed by atoms with van der Waals surface area (Å²) >= 11 is 12.7. The number of piperidine rings is 1. The Morgan fingerprint density at radius 3 is 2.48 bits per heavy atom. The van der Waals surface area contributed by atoms with Crippen molar-refractivity contribution in [3.8, 4) is 17.6 Å². The minimum absolute atomic E-state index is 0.0384. The van der Waals surface area contributed by atoms with Gasteiger partial charge < -0.3 is 19.7 Å². The molecule has 0 aromatic heterocycles. The molecule has 1 heterocycles. The highest BCUT2D eigenvalue weighted by atomic mass is 35.5. The standard InChI is InChI=1S/C36H37Cl2N3O4S/c1-44-28-9-10-29(33(20-28)46(3)43)23-12-15-41(16-13-23)17-14-26(24-8-11-31(37)32(38)19-24)22-40-36(42)34-30-7-5-4-6-25(30)18-27(21-39)35(34)45-2/h4-11,18-20,23,26H,12-17,22H2,1-3H3,(H,40,42)/t26-,46+/m1/s1. The summed E-state index contributed by atoms with van der Waals surface area (Å²) in [6.45, 7) is 3.02. The lowest BCUT2D eigenvalue weighted by atomic mass is 9.88. The lowest BCUT2D eigenvalue weighted by Gasteiger charge is -2.34. The number of ether oxygens (including phenoxy) is 2. The molecule has 0 aliphatic carbocycles. The summed E-state index contributed by atoms with van der Waals surface area (Å²) < 4.78 is 23.4. The van der Waals surface area contributed by atoms with E-state index in [0.29, 0.717) is 33.6 Å². The Balaban J connectivity index is 1.31. The van der Waals surface area contributed by atoms with Gasteiger partial charge in [-0.25, -0.2) is 0 Å². The van der Waals surface area contributed by atoms with Gasteiger partial charge in [-0.2, -0.15) is 5.26 Å². The lowest BCUT2D eigenvalue weighted by Crippen LogP contribution is -2.36. The number of nitriles is 1. The number of amides is 1. The molecule has 7 nitrogen and oxygen atoms in total. The predicted molar refractivity (Wildman–Crippen MR) is 185 cm³/mol. The van der Waals surface area contributed by atoms with Crippen molar-refractivity contribution in [3.05, 3.63) is 99.0 Å². The van der Waals surface area contributed by atoms with E-state index in [2.05, 4.69) is 22.4 Å². The Hall–Kier alpha value is -3.61. The van der Waals surface area contributed by atoms with E-state index in [1.807, 2.05) is 48.5 Å². The first-order valence-corrected chi connectivity index (χ1v) is 17.5. The van der Waals surface area contributed by atoms with Gasteiger partial charge in [-0.1, -0.05) is 59.6 Å². The average Bonchev–Trinajstić information content (AvgIpc) is 3.08. The van der Waals surface area contributed by atoms with Gasteiger partial charge in [-0.15, -0.1) is 0 Å². The Morgan fingerprint density at radius 1 is 1.04 bits per heavy atom. The van der Waals surface area contributed by atoms with Crippen molar-refractivity contribution in [2.24, 2.45) is 0 Å². The SMILES string of the molecule is COc1ccc(C2CCN(CC[C@H](CNC(=O)c3c(OC)c(C#N)cc4ccccc34)c3ccc(Cl)c(Cl)c3)CC2)c([S@](C)=O)c1. The highest BCUT2D eigenvalue weighted by Crippen LogP contribution is 2.35. The quantitative estimate of drug-likeness (QED) is 0.176. The van der Waals surface area contributed by atoms with Gasteiger partial charge in [-0.05, 0) is 97.0 Å². The van der Waals surface area contributed by atoms with Gasteiger partial charge in [0.25, 0.3) is 5.91 Å². The maximum absolute atomic E-state index is 13.8. The Bertz CT molecular complexity index is 1800. The molecule has 1 amide bonds. The van der Waals surface area contributed by atoms with Gasteiger partial charge in [0.05, 0.1) is 46.2 Å². The largest absolute Gasteiger partial charge is 0.497 e. The van der Waals surface area contributed by atoms with Crippen LogP contribution in [0.3, 0.4) is 0 Å². The molecule has 0 bridgehead atoms. The summed E-state index contributed by atoms with van der Waals surface area (Å²) in [7, 11) is 1.99. The number of nitrogens with one attached hydrogen (secondary N) is 1. The third-order valence-electron chi connectivity index (χ3n) is 8.83. The normalized spacial score (nSPS) is 15.2. The Kier molecular flexibility index (Phi) is 11.2. The maximum atomic E-state index is 13.8. The number of carbonyl (C=O) groups is 1. The van der Waals surface area contributed by atoms with Crippen molar-refractivity contribution in [2.75, 3.05) is 46.7 Å². The van der Waals surface area contributed by atoms with E-state index >= 15 is 0 Å². The smallest absolute Gasteiger partial charge is 0.255 e. The van der Waals surface area contributed by atoms with E-state index in [-0.39, 0.29) is 17.6 Å². The van der Waals surface area contributed by atoms with Crippen LogP contribution in [0, 0.1) is 11.3 Å². The minimum Gasteiger partial charge on any atom is -0.497 e. The zero-order valence-electron chi connectivity index (χ0n) is 26.1. The number of halogens is 2. The maximum Gasteiger partial charge on any atom is 0.255 e. The summed E-state index contributed by atoms with van der Waals surface area (Å²) in [6, 6.07) is 22.9. The molecule has 1 N–H and O–H groups in total. The first-order chi connectivity index (χ1) is 22.2. The molecule has 5 rings (SSSR count). The summed E-state index contributed by atoms with van der Waals surface area (Å²) in [5.41, 5.74) is 2.78. The highest BCUT2D eigenvalue weighted by molar-refractivity contribution is 7.84. The first kappa shape index (κ1) is 33.7. The molecule has 0 saturated carbocycles. The molecule has 2 atom stereocenters. The number of hydrogen-bond donors (Lipinski definition) is 1. The molecule has 46 heavy (non-hydrogen) atoms. The van der Waals surface area contributed by atoms with Crippen LogP contribution in [0.2, 0.25) is 10.0 Å². The van der Waals surface area contributed by atoms with Gasteiger partial charge in [-0.3, -0.25) is 9.00 Å². The van der Waals surface area contributed by atoms with Crippen molar-refractivity contribution in [1.29, 1.82) is 5.26 Å². The van der Waals surface area contributed by atoms with Crippen molar-refractivity contribution in [2.45, 2.75) is 36.0 Å². The van der Waals surface area contributed by atoms with Crippen molar-refractivity contribution in [3.63, 3.8) is 0 Å². The van der Waals surface area contributed by atoms with E-state index in [1.165, 1.54) is 7.11 Å². The summed E-state index contributed by atoms with van der Waals surface area (Å²) in [6.07, 6.45) is 4.43. The summed E-state index contributed by atoms with van der Waals surface area (Å²) in [5.74, 6) is 0.971. The molecule has 1 saturated heterocycles. The molecule has 4 aromatic rings. The van der Waals surface area contributed by atoms with Crippen LogP contribution >= 0.6 is 23.2 Å². The van der Waals surface area contributed by atoms with Gasteiger partial charge in [0.2, 0.25) is 0 Å². The fourth-order valence-corrected chi connectivity index (χ4v) is 7.50. The molecule has 0 unspecified atom stereocenters. The zero-order chi connectivity index (χ0) is 32.8. The lowest BCUT2D eigenvalue weighted by molar-refractivity contribution is 0.0948. The Labute approximate surface area is 282 Å². The Morgan fingerprint density at radius 2 is 1.80 bits per heavy atom. The van der Waals surface area contributed by atoms with Crippen LogP contribution in [-0.4, -0.2) is 61.7 Å². The molecule has 0 radical (unpaired) electrons. The van der Waals surface area contributed by atoms with E-state index in [9.17, 15) is 14.3 Å². The van der Waals surface area contributed by atoms with Crippen molar-refractivity contribution >= 4 is 50.7 Å². The van der Waals surface area contributed by atoms with E-state index in [0.717, 1.165) is 71.4 Å². The second-order valence-electron chi connectivity index (χ2n) is 11.5. The average molecular weight is 679 g/mol. The topological polar surface area (TPSA) is 91.7 Å². The van der Waals surface area contributed by atoms with Gasteiger partial charge in [0.1, 0.15) is 17.6 Å². The molecular formula is C36H37Cl2N3O4S. The van der Waals surface area contributed by atoms with Crippen LogP contribution in [0.15, 0.2) is 71.6 Å². The van der Waals surface area contributed by atoms with Gasteiger partial charge >= 0.3 is 0 Å². The second-order valence-corrected chi connectivity index (χ2v) is 13.7. The molecule has 1 fully saturated rings. The number of hydrogen-bond acceptors (Lipinski definition) is 6. The van der Waals surface area contributed by atoms with Gasteiger partial charge in [0, 0.05) is 23.6 Å². The molecule has 240 valence electrons. The van der Waals surface area contributed by atoms with Crippen LogP contribution in [0.1, 0.15) is 58.1 Å². The number of likely N-dealkylation sites (tertiary alicyclic amines) is 1. The zero-order valence-corrected chi connectivity index (χ0v) is 28.5. The number of fused-ring (bicyclic) bond motifs is 1. The third-order valence-corrected chi connectivity index (χ3v) is 10.5. The predicted octanol–water partition coefficient (Wildman–Crippen LogP) is 7.56. The van der Waals surface area contributed by atoms with Crippen LogP contribution < -0.4 is 14.8 Å². The van der Waals surface area contributed by atoms with Crippen molar-refractivity contribution in [1.82, 2.24) is 10.2 Å². The van der Waals surface area contributed by atoms with E-state index in [4.69, 9.17) is 32.7 Å². The summed E-state index contributed by atoms with van der Waals surface area (Å²) in [5, 5.41) is 15.3. The van der Waals surface area contributed by atoms with Crippen LogP contribution in [-0.2, 0) is 10.8 Å². The molecule has 1 aliphatic rings. The first-order valence-electron chi connectivity index (χ1n) is 15.2. The summed E-state index contributed by atoms with van der Waals surface area (Å²) in [4.78, 5) is 17.1. The number of benzene rings is 4. The number of methoxy groups -OCH3 is 2. The van der Waals surface area contributed by atoms with E-state index < -0.39 is 10.8 Å². The number of carbonyl (C=O) groups excluding carboxylic acids is 1. The van der Waals surface area contributed by atoms with Crippen LogP contribution in [0.25, 0.3) is 10.8 Å². The fraction of sp³-hybridized carbons (Fsp3) is 0.333. The van der Waals surface area contributed by atoms with Crippen molar-refractivity contribution < 1.29 is 18.5 Å².